The summed E-state index contributed by atoms with van der Waals surface area (Å²) in [6.45, 7) is 0.231. The van der Waals surface area contributed by atoms with E-state index in [1.54, 1.807) is 30.5 Å². The number of pyridine rings is 1. The van der Waals surface area contributed by atoms with Crippen molar-refractivity contribution >= 4 is 51.8 Å². The molecule has 0 unspecified atom stereocenters. The van der Waals surface area contributed by atoms with Crippen LogP contribution in [0.4, 0.5) is 11.6 Å². The van der Waals surface area contributed by atoms with Crippen molar-refractivity contribution in [2.45, 2.75) is 25.4 Å². The van der Waals surface area contributed by atoms with Crippen LogP contribution in [0.15, 0.2) is 53.6 Å². The molecule has 18 nitrogen and oxygen atoms in total. The van der Waals surface area contributed by atoms with Gasteiger partial charge < -0.3 is 31.8 Å². The second kappa shape index (κ2) is 12.8. The number of nitrogens with one attached hydrogen (secondary N) is 3. The van der Waals surface area contributed by atoms with E-state index in [2.05, 4.69) is 45.9 Å². The average Bonchev–Trinajstić information content (AvgIpc) is 3.35. The molecular weight excluding hydrogens is 554 g/mol. The van der Waals surface area contributed by atoms with Gasteiger partial charge in [0.05, 0.1) is 18.4 Å². The first kappa shape index (κ1) is 28.8. The number of carboxylic acids is 2. The Morgan fingerprint density at radius 2 is 1.83 bits per heavy atom. The van der Waals surface area contributed by atoms with Crippen LogP contribution in [-0.2, 0) is 16.1 Å². The van der Waals surface area contributed by atoms with E-state index in [-0.39, 0.29) is 42.1 Å². The van der Waals surface area contributed by atoms with Crippen LogP contribution in [0.2, 0.25) is 0 Å². The van der Waals surface area contributed by atoms with Crippen LogP contribution >= 0.6 is 0 Å². The number of H-pyrrole nitrogens is 1. The highest BCUT2D eigenvalue weighted by Crippen LogP contribution is 2.12. The normalized spacial score (nSPS) is 11.3. The van der Waals surface area contributed by atoms with Crippen molar-refractivity contribution in [1.82, 2.24) is 45.4 Å². The number of aromatic nitrogens is 8. The van der Waals surface area contributed by atoms with Gasteiger partial charge in [-0.3, -0.25) is 19.4 Å². The molecule has 0 saturated heterocycles. The molecule has 5 aromatic rings. The lowest BCUT2D eigenvalue weighted by molar-refractivity contribution is -0.140. The van der Waals surface area contributed by atoms with Crippen LogP contribution in [0.1, 0.15) is 28.9 Å². The fourth-order valence-electron chi connectivity index (χ4n) is 3.51. The summed E-state index contributed by atoms with van der Waals surface area (Å²) >= 11 is 0. The molecule has 4 aromatic heterocycles. The van der Waals surface area contributed by atoms with Gasteiger partial charge in [0.1, 0.15) is 11.6 Å². The number of aromatic amines is 1. The number of carbonyl (C=O) groups is 3. The largest absolute Gasteiger partial charge is 0.481 e. The number of amides is 1. The number of hydrogen-bond donors (Lipinski definition) is 7. The third-order valence-corrected chi connectivity index (χ3v) is 5.55. The summed E-state index contributed by atoms with van der Waals surface area (Å²) in [6.07, 6.45) is 2.41. The zero-order chi connectivity index (χ0) is 30.2. The molecule has 216 valence electrons. The monoisotopic (exact) mass is 577 g/mol. The Morgan fingerprint density at radius 1 is 1.07 bits per heavy atom. The number of carbonyl (C=O) groups excluding carboxylic acids is 1. The van der Waals surface area contributed by atoms with Gasteiger partial charge in [0.15, 0.2) is 11.2 Å². The molecule has 8 N–H and O–H groups in total. The maximum Gasteiger partial charge on any atom is 0.326 e. The summed E-state index contributed by atoms with van der Waals surface area (Å²) in [5, 5.41) is 39.1. The minimum Gasteiger partial charge on any atom is -0.481 e. The van der Waals surface area contributed by atoms with E-state index in [1.807, 2.05) is 0 Å². The molecule has 0 aliphatic heterocycles. The van der Waals surface area contributed by atoms with Gasteiger partial charge in [-0.1, -0.05) is 4.85 Å². The number of fused-ring (bicyclic) bond motifs is 2. The molecule has 0 aliphatic rings. The maximum absolute atomic E-state index is 12.3. The van der Waals surface area contributed by atoms with Crippen molar-refractivity contribution in [1.29, 1.82) is 0 Å². The number of nitrogen functional groups attached to an aromatic ring is 1. The molecule has 5 rings (SSSR count). The van der Waals surface area contributed by atoms with Gasteiger partial charge >= 0.3 is 11.9 Å². The average molecular weight is 578 g/mol. The molecule has 0 aliphatic carbocycles. The highest BCUT2D eigenvalue weighted by molar-refractivity contribution is 5.97. The maximum atomic E-state index is 12.3. The van der Waals surface area contributed by atoms with E-state index in [4.69, 9.17) is 21.2 Å². The van der Waals surface area contributed by atoms with E-state index in [0.717, 1.165) is 0 Å². The molecule has 1 aromatic carbocycles. The quantitative estimate of drug-likeness (QED) is 0.114. The van der Waals surface area contributed by atoms with Crippen molar-refractivity contribution in [3.63, 3.8) is 0 Å². The summed E-state index contributed by atoms with van der Waals surface area (Å²) in [6, 6.07) is 8.32. The van der Waals surface area contributed by atoms with Crippen LogP contribution in [0.3, 0.4) is 0 Å². The van der Waals surface area contributed by atoms with Gasteiger partial charge in [-0.15, -0.1) is 5.10 Å². The first-order valence-electron chi connectivity index (χ1n) is 12.1. The molecule has 0 fully saturated rings. The summed E-state index contributed by atoms with van der Waals surface area (Å²) in [5.41, 5.74) is 7.44. The number of hydrogen-bond acceptors (Lipinski definition) is 13. The third-order valence-electron chi connectivity index (χ3n) is 5.55. The Bertz CT molecular complexity index is 1800. The molecule has 18 heteroatoms. The van der Waals surface area contributed by atoms with Crippen molar-refractivity contribution in [2.75, 3.05) is 11.1 Å². The summed E-state index contributed by atoms with van der Waals surface area (Å²) in [5.74, 6) is -3.16. The van der Waals surface area contributed by atoms with E-state index in [1.165, 1.54) is 18.3 Å². The smallest absolute Gasteiger partial charge is 0.326 e. The molecule has 1 atom stereocenters. The van der Waals surface area contributed by atoms with E-state index >= 15 is 0 Å². The fourth-order valence-corrected chi connectivity index (χ4v) is 3.51. The van der Waals surface area contributed by atoms with E-state index in [9.17, 15) is 19.2 Å². The molecule has 0 bridgehead atoms. The van der Waals surface area contributed by atoms with Crippen molar-refractivity contribution in [3.05, 3.63) is 70.4 Å². The molecule has 0 saturated carbocycles. The topological polar surface area (TPSA) is 277 Å². The van der Waals surface area contributed by atoms with Crippen molar-refractivity contribution in [3.8, 4) is 0 Å². The molecule has 1 amide bonds. The number of anilines is 2. The Labute approximate surface area is 234 Å². The zero-order valence-electron chi connectivity index (χ0n) is 21.5. The van der Waals surface area contributed by atoms with Gasteiger partial charge in [0, 0.05) is 23.9 Å². The molecular formula is C24H23N11O7. The highest BCUT2D eigenvalue weighted by Gasteiger charge is 2.21. The highest BCUT2D eigenvalue weighted by atomic mass is 16.5. The van der Waals surface area contributed by atoms with Gasteiger partial charge in [-0.2, -0.15) is 4.98 Å². The summed E-state index contributed by atoms with van der Waals surface area (Å²) in [7, 11) is 0. The van der Waals surface area contributed by atoms with Crippen molar-refractivity contribution < 1.29 is 29.8 Å². The predicted molar refractivity (Wildman–Crippen MR) is 144 cm³/mol. The minimum atomic E-state index is -1.31. The minimum absolute atomic E-state index is 0.0524. The SMILES string of the molecule is Nc1nc2ncc(CNc3ccc(C(=O)N[C@@H](CCC(=O)O)C(=O)O)cc3)nc2c(=O)[nH]1.On1nnc2cccnc21. The van der Waals surface area contributed by atoms with Crippen molar-refractivity contribution in [2.24, 2.45) is 0 Å². The lowest BCUT2D eigenvalue weighted by atomic mass is 10.1. The number of aliphatic carboxylic acids is 2. The molecule has 4 heterocycles. The standard InChI is InChI=1S/C19H19N7O6.C5H4N4O/c20-19-25-15-14(17(30)26-19)23-11(8-22-15)7-21-10-3-1-9(2-4-10)16(29)24-12(18(31)32)5-6-13(27)28;10-9-5-4(7-8-9)2-1-3-6-5/h1-4,8,12,21H,5-7H2,(H,24,29)(H,27,28)(H,31,32)(H3,20,22,25,26,30);1-3,10H/t12-;/m0./s1. The van der Waals surface area contributed by atoms with Gasteiger partial charge in [0.2, 0.25) is 11.6 Å². The Hall–Kier alpha value is -6.20. The molecule has 0 spiro atoms. The number of carboxylic acid groups (broad SMARTS) is 2. The lowest BCUT2D eigenvalue weighted by Crippen LogP contribution is -2.41. The van der Waals surface area contributed by atoms with Crippen LogP contribution in [0.5, 0.6) is 0 Å². The van der Waals surface area contributed by atoms with Crippen LogP contribution in [0, 0.1) is 0 Å². The van der Waals surface area contributed by atoms with E-state index in [0.29, 0.717) is 27.4 Å². The first-order valence-corrected chi connectivity index (χ1v) is 12.1. The zero-order valence-corrected chi connectivity index (χ0v) is 21.5. The predicted octanol–water partition coefficient (Wildman–Crippen LogP) is 0.0188. The first-order chi connectivity index (χ1) is 20.1. The fraction of sp³-hybridized carbons (Fsp3) is 0.167. The Balaban J connectivity index is 0.000000337. The van der Waals surface area contributed by atoms with Crippen LogP contribution in [0.25, 0.3) is 22.3 Å². The van der Waals surface area contributed by atoms with Gasteiger partial charge in [0.25, 0.3) is 11.5 Å². The number of rotatable bonds is 9. The van der Waals surface area contributed by atoms with Crippen LogP contribution < -0.4 is 21.9 Å². The Kier molecular flexibility index (Phi) is 8.76. The van der Waals surface area contributed by atoms with Gasteiger partial charge in [-0.25, -0.2) is 19.7 Å². The Morgan fingerprint density at radius 3 is 2.52 bits per heavy atom. The second-order valence-electron chi connectivity index (χ2n) is 8.54. The van der Waals surface area contributed by atoms with Gasteiger partial charge in [-0.05, 0) is 48.0 Å². The number of nitrogens with two attached hydrogens (primary N) is 1. The molecule has 42 heavy (non-hydrogen) atoms. The summed E-state index contributed by atoms with van der Waals surface area (Å²) in [4.78, 5) is 65.0. The van der Waals surface area contributed by atoms with E-state index < -0.39 is 29.4 Å². The second-order valence-corrected chi connectivity index (χ2v) is 8.54. The third kappa shape index (κ3) is 7.25. The molecule has 0 radical (unpaired) electrons. The van der Waals surface area contributed by atoms with Crippen LogP contribution in [-0.4, -0.2) is 79.4 Å². The number of benzene rings is 1. The lowest BCUT2D eigenvalue weighted by Gasteiger charge is -2.14. The number of nitrogens with zero attached hydrogens (tertiary/aromatic N) is 7. The summed E-state index contributed by atoms with van der Waals surface area (Å²) < 4.78 is 0.